The first kappa shape index (κ1) is 14.0. The van der Waals surface area contributed by atoms with Crippen molar-refractivity contribution in [2.24, 2.45) is 0 Å². The Morgan fingerprint density at radius 2 is 2.32 bits per heavy atom. The van der Waals surface area contributed by atoms with Gasteiger partial charge in [0.15, 0.2) is 0 Å². The Hall–Kier alpha value is -1.46. The molecule has 1 unspecified atom stereocenters. The molecule has 1 aromatic carbocycles. The van der Waals surface area contributed by atoms with Gasteiger partial charge in [0.1, 0.15) is 11.9 Å². The van der Waals surface area contributed by atoms with E-state index in [9.17, 15) is 9.18 Å². The van der Waals surface area contributed by atoms with Crippen LogP contribution < -0.4 is 5.32 Å². The summed E-state index contributed by atoms with van der Waals surface area (Å²) < 4.78 is 18.9. The highest BCUT2D eigenvalue weighted by atomic mass is 19.1. The molecule has 0 aliphatic carbocycles. The monoisotopic (exact) mass is 266 g/mol. The number of hydrogen-bond acceptors (Lipinski definition) is 3. The second kappa shape index (κ2) is 6.63. The Kier molecular flexibility index (Phi) is 4.87. The molecule has 0 saturated carbocycles. The minimum Gasteiger partial charge on any atom is -0.366 e. The van der Waals surface area contributed by atoms with Crippen molar-refractivity contribution >= 4 is 5.91 Å². The van der Waals surface area contributed by atoms with Gasteiger partial charge in [-0.1, -0.05) is 18.2 Å². The molecule has 5 heteroatoms. The first-order valence-electron chi connectivity index (χ1n) is 6.49. The lowest BCUT2D eigenvalue weighted by Gasteiger charge is -2.27. The Bertz CT molecular complexity index is 433. The molecule has 104 valence electrons. The van der Waals surface area contributed by atoms with Crippen LogP contribution in [0, 0.1) is 5.82 Å². The van der Waals surface area contributed by atoms with Gasteiger partial charge in [0.05, 0.1) is 6.61 Å². The van der Waals surface area contributed by atoms with Crippen LogP contribution in [0.5, 0.6) is 0 Å². The molecule has 0 aromatic heterocycles. The van der Waals surface area contributed by atoms with Gasteiger partial charge in [-0.05, 0) is 18.1 Å². The number of ether oxygens (including phenoxy) is 1. The molecule has 1 atom stereocenters. The van der Waals surface area contributed by atoms with Crippen molar-refractivity contribution in [3.63, 3.8) is 0 Å². The first-order chi connectivity index (χ1) is 9.18. The summed E-state index contributed by atoms with van der Waals surface area (Å²) in [4.78, 5) is 13.7. The van der Waals surface area contributed by atoms with Gasteiger partial charge in [-0.15, -0.1) is 0 Å². The van der Waals surface area contributed by atoms with Gasteiger partial charge in [-0.2, -0.15) is 0 Å². The largest absolute Gasteiger partial charge is 0.366 e. The number of hydrogen-bond donors (Lipinski definition) is 1. The topological polar surface area (TPSA) is 41.6 Å². The number of benzene rings is 1. The van der Waals surface area contributed by atoms with Crippen molar-refractivity contribution < 1.29 is 13.9 Å². The van der Waals surface area contributed by atoms with Gasteiger partial charge in [0, 0.05) is 26.7 Å². The van der Waals surface area contributed by atoms with Crippen molar-refractivity contribution in [1.29, 1.82) is 0 Å². The van der Waals surface area contributed by atoms with Crippen molar-refractivity contribution in [3.8, 4) is 0 Å². The quantitative estimate of drug-likeness (QED) is 0.877. The highest BCUT2D eigenvalue weighted by Crippen LogP contribution is 2.08. The maximum Gasteiger partial charge on any atom is 0.252 e. The third kappa shape index (κ3) is 3.75. The van der Waals surface area contributed by atoms with E-state index in [-0.39, 0.29) is 11.7 Å². The van der Waals surface area contributed by atoms with Crippen LogP contribution >= 0.6 is 0 Å². The molecule has 1 aliphatic heterocycles. The molecule has 1 saturated heterocycles. The van der Waals surface area contributed by atoms with Gasteiger partial charge in [-0.25, -0.2) is 4.39 Å². The molecule has 1 aromatic rings. The Morgan fingerprint density at radius 3 is 3.00 bits per heavy atom. The van der Waals surface area contributed by atoms with Gasteiger partial charge < -0.3 is 15.0 Å². The van der Waals surface area contributed by atoms with Gasteiger partial charge in [0.25, 0.3) is 5.91 Å². The minimum absolute atomic E-state index is 0.0523. The minimum atomic E-state index is -0.417. The summed E-state index contributed by atoms with van der Waals surface area (Å²) in [5.41, 5.74) is 0.629. The normalized spacial score (nSPS) is 19.2. The smallest absolute Gasteiger partial charge is 0.252 e. The molecule has 1 amide bonds. The molecule has 4 nitrogen and oxygen atoms in total. The predicted octanol–water partition coefficient (Wildman–Crippen LogP) is 0.815. The third-order valence-electron chi connectivity index (χ3n) is 3.25. The van der Waals surface area contributed by atoms with E-state index < -0.39 is 6.10 Å². The van der Waals surface area contributed by atoms with E-state index in [1.54, 1.807) is 30.1 Å². The zero-order valence-corrected chi connectivity index (χ0v) is 11.1. The molecular formula is C14H19FN2O2. The van der Waals surface area contributed by atoms with E-state index >= 15 is 0 Å². The van der Waals surface area contributed by atoms with E-state index in [2.05, 4.69) is 5.32 Å². The van der Waals surface area contributed by atoms with E-state index in [1.807, 2.05) is 0 Å². The molecule has 0 spiro atoms. The van der Waals surface area contributed by atoms with Crippen molar-refractivity contribution in [2.45, 2.75) is 12.5 Å². The van der Waals surface area contributed by atoms with Crippen molar-refractivity contribution in [2.75, 3.05) is 33.3 Å². The third-order valence-corrected chi connectivity index (χ3v) is 3.25. The lowest BCUT2D eigenvalue weighted by Crippen LogP contribution is -2.48. The highest BCUT2D eigenvalue weighted by molar-refractivity contribution is 5.81. The number of carbonyl (C=O) groups excluding carboxylic acids is 1. The fraction of sp³-hybridized carbons (Fsp3) is 0.500. The molecule has 1 aliphatic rings. The number of amides is 1. The number of halogens is 1. The van der Waals surface area contributed by atoms with Crippen LogP contribution in [0.2, 0.25) is 0 Å². The Morgan fingerprint density at radius 1 is 1.53 bits per heavy atom. The second-order valence-corrected chi connectivity index (χ2v) is 4.66. The van der Waals surface area contributed by atoms with Gasteiger partial charge >= 0.3 is 0 Å². The standard InChI is InChI=1S/C14H19FN2O2/c1-17(14(18)13-10-16-7-9-19-13)8-6-11-4-2-3-5-12(11)15/h2-5,13,16H,6-10H2,1H3. The molecular weight excluding hydrogens is 247 g/mol. The fourth-order valence-corrected chi connectivity index (χ4v) is 2.07. The Balaban J connectivity index is 1.85. The van der Waals surface area contributed by atoms with Crippen LogP contribution in [0.15, 0.2) is 24.3 Å². The predicted molar refractivity (Wildman–Crippen MR) is 70.4 cm³/mol. The summed E-state index contributed by atoms with van der Waals surface area (Å²) in [7, 11) is 1.72. The maximum absolute atomic E-state index is 13.5. The van der Waals surface area contributed by atoms with Crippen molar-refractivity contribution in [3.05, 3.63) is 35.6 Å². The van der Waals surface area contributed by atoms with Crippen LogP contribution in [0.4, 0.5) is 4.39 Å². The van der Waals surface area contributed by atoms with Crippen LogP contribution in [0.3, 0.4) is 0 Å². The lowest BCUT2D eigenvalue weighted by molar-refractivity contribution is -0.143. The summed E-state index contributed by atoms with van der Waals surface area (Å²) in [6.07, 6.45) is 0.0917. The molecule has 1 N–H and O–H groups in total. The number of morpholine rings is 1. The van der Waals surface area contributed by atoms with Crippen LogP contribution in [0.1, 0.15) is 5.56 Å². The number of nitrogens with one attached hydrogen (secondary N) is 1. The zero-order chi connectivity index (χ0) is 13.7. The summed E-state index contributed by atoms with van der Waals surface area (Å²) in [5, 5.41) is 3.12. The summed E-state index contributed by atoms with van der Waals surface area (Å²) in [6, 6.07) is 6.64. The molecule has 1 fully saturated rings. The summed E-state index contributed by atoms with van der Waals surface area (Å²) in [6.45, 7) is 2.36. The molecule has 0 radical (unpaired) electrons. The SMILES string of the molecule is CN(CCc1ccccc1F)C(=O)C1CNCCO1. The number of nitrogens with zero attached hydrogens (tertiary/aromatic N) is 1. The second-order valence-electron chi connectivity index (χ2n) is 4.66. The average molecular weight is 266 g/mol. The average Bonchev–Trinajstić information content (AvgIpc) is 2.46. The molecule has 19 heavy (non-hydrogen) atoms. The highest BCUT2D eigenvalue weighted by Gasteiger charge is 2.24. The van der Waals surface area contributed by atoms with Gasteiger partial charge in [0.2, 0.25) is 0 Å². The van der Waals surface area contributed by atoms with Crippen LogP contribution in [-0.2, 0) is 16.0 Å². The fourth-order valence-electron chi connectivity index (χ4n) is 2.07. The molecule has 1 heterocycles. The van der Waals surface area contributed by atoms with E-state index in [0.29, 0.717) is 31.7 Å². The number of rotatable bonds is 4. The van der Waals surface area contributed by atoms with Crippen LogP contribution in [-0.4, -0.2) is 50.2 Å². The number of carbonyl (C=O) groups is 1. The summed E-state index contributed by atoms with van der Waals surface area (Å²) >= 11 is 0. The van der Waals surface area contributed by atoms with E-state index in [0.717, 1.165) is 6.54 Å². The Labute approximate surface area is 112 Å². The lowest BCUT2D eigenvalue weighted by atomic mass is 10.1. The van der Waals surface area contributed by atoms with Gasteiger partial charge in [-0.3, -0.25) is 4.79 Å². The summed E-state index contributed by atoms with van der Waals surface area (Å²) in [5.74, 6) is -0.275. The first-order valence-corrected chi connectivity index (χ1v) is 6.49. The van der Waals surface area contributed by atoms with E-state index in [4.69, 9.17) is 4.74 Å². The van der Waals surface area contributed by atoms with Crippen molar-refractivity contribution in [1.82, 2.24) is 10.2 Å². The van der Waals surface area contributed by atoms with E-state index in [1.165, 1.54) is 6.07 Å². The maximum atomic E-state index is 13.5. The number of likely N-dealkylation sites (N-methyl/N-ethyl adjacent to an activating group) is 1. The van der Waals surface area contributed by atoms with Crippen LogP contribution in [0.25, 0.3) is 0 Å². The zero-order valence-electron chi connectivity index (χ0n) is 11.1. The molecule has 2 rings (SSSR count). The molecule has 0 bridgehead atoms.